The third-order valence-corrected chi connectivity index (χ3v) is 2.68. The van der Waals surface area contributed by atoms with Crippen molar-refractivity contribution in [3.05, 3.63) is 21.9 Å². The minimum atomic E-state index is -0.886. The van der Waals surface area contributed by atoms with Crippen molar-refractivity contribution in [2.75, 3.05) is 0 Å². The highest BCUT2D eigenvalue weighted by molar-refractivity contribution is 7.08. The predicted octanol–water partition coefficient (Wildman–Crippen LogP) is 2.25. The van der Waals surface area contributed by atoms with Gasteiger partial charge >= 0.3 is 5.97 Å². The van der Waals surface area contributed by atoms with E-state index in [2.05, 4.69) is 0 Å². The lowest BCUT2D eigenvalue weighted by Crippen LogP contribution is -2.12. The van der Waals surface area contributed by atoms with Crippen molar-refractivity contribution in [3.63, 3.8) is 0 Å². The molecule has 4 heteroatoms. The SMILES string of the molecule is CCCC(N)c1cscc1C(=O)O. The molecule has 0 aliphatic carbocycles. The van der Waals surface area contributed by atoms with Crippen molar-refractivity contribution >= 4 is 17.3 Å². The summed E-state index contributed by atoms with van der Waals surface area (Å²) < 4.78 is 0. The summed E-state index contributed by atoms with van der Waals surface area (Å²) in [5, 5.41) is 12.3. The summed E-state index contributed by atoms with van der Waals surface area (Å²) in [6.45, 7) is 2.03. The second kappa shape index (κ2) is 4.39. The summed E-state index contributed by atoms with van der Waals surface area (Å²) >= 11 is 1.39. The van der Waals surface area contributed by atoms with Gasteiger partial charge in [0.2, 0.25) is 0 Å². The van der Waals surface area contributed by atoms with Crippen molar-refractivity contribution in [3.8, 4) is 0 Å². The van der Waals surface area contributed by atoms with Crippen molar-refractivity contribution in [2.45, 2.75) is 25.8 Å². The number of hydrogen-bond donors (Lipinski definition) is 2. The summed E-state index contributed by atoms with van der Waals surface area (Å²) in [5.74, 6) is -0.886. The van der Waals surface area contributed by atoms with Gasteiger partial charge in [0.05, 0.1) is 5.56 Å². The molecule has 0 saturated heterocycles. The number of carboxylic acids is 1. The van der Waals surface area contributed by atoms with Crippen LogP contribution in [-0.2, 0) is 0 Å². The largest absolute Gasteiger partial charge is 0.478 e. The van der Waals surface area contributed by atoms with Crippen LogP contribution in [0.5, 0.6) is 0 Å². The molecular weight excluding hydrogens is 186 g/mol. The maximum absolute atomic E-state index is 10.7. The van der Waals surface area contributed by atoms with Gasteiger partial charge in [-0.05, 0) is 17.4 Å². The monoisotopic (exact) mass is 199 g/mol. The molecule has 1 atom stereocenters. The Morgan fingerprint density at radius 1 is 1.69 bits per heavy atom. The number of carboxylic acid groups (broad SMARTS) is 1. The second-order valence-electron chi connectivity index (χ2n) is 2.94. The van der Waals surface area contributed by atoms with Crippen LogP contribution in [0.2, 0.25) is 0 Å². The van der Waals surface area contributed by atoms with Crippen LogP contribution in [0.25, 0.3) is 0 Å². The Bertz CT molecular complexity index is 296. The van der Waals surface area contributed by atoms with E-state index in [0.29, 0.717) is 5.56 Å². The molecule has 0 bridgehead atoms. The van der Waals surface area contributed by atoms with Crippen LogP contribution in [0.15, 0.2) is 10.8 Å². The lowest BCUT2D eigenvalue weighted by molar-refractivity contribution is 0.0695. The molecule has 1 unspecified atom stereocenters. The van der Waals surface area contributed by atoms with Gasteiger partial charge in [-0.15, -0.1) is 0 Å². The maximum Gasteiger partial charge on any atom is 0.336 e. The van der Waals surface area contributed by atoms with Gasteiger partial charge in [-0.25, -0.2) is 4.79 Å². The molecule has 3 nitrogen and oxygen atoms in total. The number of hydrogen-bond acceptors (Lipinski definition) is 3. The van der Waals surface area contributed by atoms with E-state index >= 15 is 0 Å². The van der Waals surface area contributed by atoms with Crippen LogP contribution in [0.4, 0.5) is 0 Å². The van der Waals surface area contributed by atoms with Gasteiger partial charge in [-0.2, -0.15) is 11.3 Å². The smallest absolute Gasteiger partial charge is 0.336 e. The molecule has 0 radical (unpaired) electrons. The highest BCUT2D eigenvalue weighted by Gasteiger charge is 2.15. The quantitative estimate of drug-likeness (QED) is 0.781. The van der Waals surface area contributed by atoms with Crippen molar-refractivity contribution in [1.82, 2.24) is 0 Å². The first-order valence-corrected chi connectivity index (χ1v) is 5.16. The first kappa shape index (κ1) is 10.2. The molecule has 0 aromatic carbocycles. The van der Waals surface area contributed by atoms with Crippen molar-refractivity contribution < 1.29 is 9.90 Å². The molecule has 3 N–H and O–H groups in total. The lowest BCUT2D eigenvalue weighted by atomic mass is 10.0. The van der Waals surface area contributed by atoms with E-state index in [4.69, 9.17) is 10.8 Å². The lowest BCUT2D eigenvalue weighted by Gasteiger charge is -2.09. The molecule has 72 valence electrons. The van der Waals surface area contributed by atoms with Crippen molar-refractivity contribution in [2.24, 2.45) is 5.73 Å². The number of aromatic carboxylic acids is 1. The standard InChI is InChI=1S/C9H13NO2S/c1-2-3-8(10)6-4-13-5-7(6)9(11)12/h4-5,8H,2-3,10H2,1H3,(H,11,12). The second-order valence-corrected chi connectivity index (χ2v) is 3.68. The van der Waals surface area contributed by atoms with Crippen molar-refractivity contribution in [1.29, 1.82) is 0 Å². The number of carbonyl (C=O) groups is 1. The normalized spacial score (nSPS) is 12.8. The first-order chi connectivity index (χ1) is 6.16. The van der Waals surface area contributed by atoms with E-state index in [1.54, 1.807) is 5.38 Å². The predicted molar refractivity (Wildman–Crippen MR) is 53.1 cm³/mol. The van der Waals surface area contributed by atoms with Gasteiger partial charge < -0.3 is 10.8 Å². The third kappa shape index (κ3) is 2.29. The Morgan fingerprint density at radius 3 is 2.92 bits per heavy atom. The number of rotatable bonds is 4. The first-order valence-electron chi connectivity index (χ1n) is 4.21. The summed E-state index contributed by atoms with van der Waals surface area (Å²) in [5.41, 5.74) is 6.95. The van der Waals surface area contributed by atoms with Gasteiger partial charge in [0.25, 0.3) is 0 Å². The van der Waals surface area contributed by atoms with Gasteiger partial charge in [0.1, 0.15) is 0 Å². The molecule has 13 heavy (non-hydrogen) atoms. The fraction of sp³-hybridized carbons (Fsp3) is 0.444. The van der Waals surface area contributed by atoms with E-state index < -0.39 is 5.97 Å². The molecule has 0 aliphatic heterocycles. The Balaban J connectivity index is 2.86. The molecule has 0 aliphatic rings. The Hall–Kier alpha value is -0.870. The average Bonchev–Trinajstić information content (AvgIpc) is 2.52. The highest BCUT2D eigenvalue weighted by Crippen LogP contribution is 2.23. The van der Waals surface area contributed by atoms with Gasteiger partial charge in [0.15, 0.2) is 0 Å². The molecule has 0 saturated carbocycles. The van der Waals surface area contributed by atoms with Gasteiger partial charge in [0, 0.05) is 11.4 Å². The third-order valence-electron chi connectivity index (χ3n) is 1.92. The van der Waals surface area contributed by atoms with Gasteiger partial charge in [-0.3, -0.25) is 0 Å². The summed E-state index contributed by atoms with van der Waals surface area (Å²) in [6, 6.07) is -0.137. The summed E-state index contributed by atoms with van der Waals surface area (Å²) in [4.78, 5) is 10.7. The molecule has 0 spiro atoms. The Morgan fingerprint density at radius 2 is 2.38 bits per heavy atom. The molecule has 1 aromatic heterocycles. The van der Waals surface area contributed by atoms with E-state index in [0.717, 1.165) is 18.4 Å². The van der Waals surface area contributed by atoms with Crippen LogP contribution in [-0.4, -0.2) is 11.1 Å². The zero-order chi connectivity index (χ0) is 9.84. The minimum Gasteiger partial charge on any atom is -0.478 e. The average molecular weight is 199 g/mol. The molecule has 1 aromatic rings. The Labute approximate surface area is 81.2 Å². The zero-order valence-electron chi connectivity index (χ0n) is 7.49. The van der Waals surface area contributed by atoms with E-state index in [1.165, 1.54) is 11.3 Å². The molecule has 1 rings (SSSR count). The van der Waals surface area contributed by atoms with Crippen LogP contribution < -0.4 is 5.73 Å². The van der Waals surface area contributed by atoms with Crippen LogP contribution >= 0.6 is 11.3 Å². The fourth-order valence-electron chi connectivity index (χ4n) is 1.23. The number of nitrogens with two attached hydrogens (primary N) is 1. The minimum absolute atomic E-state index is 0.137. The van der Waals surface area contributed by atoms with Crippen LogP contribution in [0.3, 0.4) is 0 Å². The highest BCUT2D eigenvalue weighted by atomic mass is 32.1. The molecule has 0 fully saturated rings. The summed E-state index contributed by atoms with van der Waals surface area (Å²) in [7, 11) is 0. The Kier molecular flexibility index (Phi) is 3.45. The van der Waals surface area contributed by atoms with Crippen LogP contribution in [0, 0.1) is 0 Å². The van der Waals surface area contributed by atoms with E-state index in [-0.39, 0.29) is 6.04 Å². The van der Waals surface area contributed by atoms with E-state index in [9.17, 15) is 4.79 Å². The van der Waals surface area contributed by atoms with E-state index in [1.807, 2.05) is 12.3 Å². The maximum atomic E-state index is 10.7. The van der Waals surface area contributed by atoms with Gasteiger partial charge in [-0.1, -0.05) is 13.3 Å². The molecule has 0 amide bonds. The van der Waals surface area contributed by atoms with Crippen LogP contribution in [0.1, 0.15) is 41.7 Å². The molecule has 1 heterocycles. The number of thiophene rings is 1. The fourth-order valence-corrected chi connectivity index (χ4v) is 2.12. The summed E-state index contributed by atoms with van der Waals surface area (Å²) in [6.07, 6.45) is 1.80. The zero-order valence-corrected chi connectivity index (χ0v) is 8.30. The molecular formula is C9H13NO2S. The topological polar surface area (TPSA) is 63.3 Å².